The molecular formula is C25H30Cl3N3O4S. The molecule has 11 heteroatoms. The molecule has 1 aliphatic carbocycles. The molecule has 1 aliphatic rings. The average Bonchev–Trinajstić information content (AvgIpc) is 3.31. The van der Waals surface area contributed by atoms with Crippen molar-refractivity contribution >= 4 is 62.3 Å². The Balaban J connectivity index is 1.93. The van der Waals surface area contributed by atoms with Gasteiger partial charge in [0.2, 0.25) is 21.8 Å². The summed E-state index contributed by atoms with van der Waals surface area (Å²) in [5.41, 5.74) is 0.891. The molecule has 196 valence electrons. The number of nitrogens with one attached hydrogen (secondary N) is 1. The second-order valence-corrected chi connectivity index (χ2v) is 12.1. The zero-order chi connectivity index (χ0) is 26.5. The number of carbonyl (C=O) groups excluding carboxylic acids is 2. The van der Waals surface area contributed by atoms with Crippen molar-refractivity contribution in [2.45, 2.75) is 57.7 Å². The van der Waals surface area contributed by atoms with Crippen molar-refractivity contribution in [3.8, 4) is 0 Å². The predicted molar refractivity (Wildman–Crippen MR) is 145 cm³/mol. The Morgan fingerprint density at radius 2 is 1.64 bits per heavy atom. The maximum absolute atomic E-state index is 13.7. The Morgan fingerprint density at radius 3 is 2.19 bits per heavy atom. The number of hydrogen-bond donors (Lipinski definition) is 1. The molecule has 3 rings (SSSR count). The number of carbonyl (C=O) groups is 2. The predicted octanol–water partition coefficient (Wildman–Crippen LogP) is 5.28. The molecule has 1 saturated carbocycles. The minimum absolute atomic E-state index is 0.0828. The van der Waals surface area contributed by atoms with Crippen molar-refractivity contribution in [1.82, 2.24) is 10.2 Å². The van der Waals surface area contributed by atoms with E-state index >= 15 is 0 Å². The molecule has 0 unspecified atom stereocenters. The van der Waals surface area contributed by atoms with E-state index in [-0.39, 0.29) is 29.2 Å². The van der Waals surface area contributed by atoms with Gasteiger partial charge in [0.1, 0.15) is 12.6 Å². The van der Waals surface area contributed by atoms with E-state index in [1.807, 2.05) is 6.92 Å². The van der Waals surface area contributed by atoms with Crippen LogP contribution in [0.4, 0.5) is 5.69 Å². The highest BCUT2D eigenvalue weighted by Crippen LogP contribution is 2.30. The number of hydrogen-bond acceptors (Lipinski definition) is 4. The van der Waals surface area contributed by atoms with Gasteiger partial charge in [0.15, 0.2) is 0 Å². The molecule has 0 aliphatic heterocycles. The lowest BCUT2D eigenvalue weighted by Crippen LogP contribution is -2.53. The number of amides is 2. The third kappa shape index (κ3) is 7.51. The molecule has 0 heterocycles. The lowest BCUT2D eigenvalue weighted by atomic mass is 10.1. The van der Waals surface area contributed by atoms with Crippen LogP contribution >= 0.6 is 34.8 Å². The van der Waals surface area contributed by atoms with Gasteiger partial charge in [-0.15, -0.1) is 0 Å². The second kappa shape index (κ2) is 12.5. The van der Waals surface area contributed by atoms with Crippen LogP contribution in [0.1, 0.15) is 44.6 Å². The van der Waals surface area contributed by atoms with Crippen molar-refractivity contribution in [1.29, 1.82) is 0 Å². The Hall–Kier alpha value is -2.00. The van der Waals surface area contributed by atoms with Gasteiger partial charge in [-0.05, 0) is 55.2 Å². The van der Waals surface area contributed by atoms with Crippen molar-refractivity contribution in [3.63, 3.8) is 0 Å². The molecule has 2 amide bonds. The van der Waals surface area contributed by atoms with Gasteiger partial charge < -0.3 is 10.2 Å². The zero-order valence-corrected chi connectivity index (χ0v) is 23.3. The molecule has 7 nitrogen and oxygen atoms in total. The first-order valence-corrected chi connectivity index (χ1v) is 14.7. The molecular weight excluding hydrogens is 545 g/mol. The summed E-state index contributed by atoms with van der Waals surface area (Å²) in [6.45, 7) is 1.41. The van der Waals surface area contributed by atoms with Crippen LogP contribution in [0.15, 0.2) is 42.5 Å². The monoisotopic (exact) mass is 573 g/mol. The molecule has 1 atom stereocenters. The van der Waals surface area contributed by atoms with Crippen molar-refractivity contribution < 1.29 is 18.0 Å². The van der Waals surface area contributed by atoms with E-state index in [4.69, 9.17) is 34.8 Å². The van der Waals surface area contributed by atoms with Gasteiger partial charge >= 0.3 is 0 Å². The van der Waals surface area contributed by atoms with Gasteiger partial charge in [-0.25, -0.2) is 8.42 Å². The van der Waals surface area contributed by atoms with Gasteiger partial charge in [-0.2, -0.15) is 0 Å². The lowest BCUT2D eigenvalue weighted by Gasteiger charge is -2.33. The summed E-state index contributed by atoms with van der Waals surface area (Å²) in [5, 5.41) is 4.04. The molecule has 1 N–H and O–H groups in total. The van der Waals surface area contributed by atoms with Crippen LogP contribution in [0.5, 0.6) is 0 Å². The van der Waals surface area contributed by atoms with Crippen LogP contribution in [0, 0.1) is 0 Å². The van der Waals surface area contributed by atoms with Crippen LogP contribution in [-0.2, 0) is 26.2 Å². The molecule has 1 fully saturated rings. The number of halogens is 3. The van der Waals surface area contributed by atoms with Gasteiger partial charge in [0, 0.05) is 22.6 Å². The van der Waals surface area contributed by atoms with Gasteiger partial charge in [-0.3, -0.25) is 13.9 Å². The molecule has 0 bridgehead atoms. The third-order valence-corrected chi connectivity index (χ3v) is 8.13. The highest BCUT2D eigenvalue weighted by molar-refractivity contribution is 7.92. The molecule has 2 aromatic rings. The summed E-state index contributed by atoms with van der Waals surface area (Å²) in [4.78, 5) is 28.4. The van der Waals surface area contributed by atoms with Crippen molar-refractivity contribution in [2.24, 2.45) is 0 Å². The molecule has 0 radical (unpaired) electrons. The van der Waals surface area contributed by atoms with Crippen LogP contribution in [0.2, 0.25) is 15.1 Å². The maximum atomic E-state index is 13.7. The van der Waals surface area contributed by atoms with E-state index in [1.165, 1.54) is 23.1 Å². The zero-order valence-electron chi connectivity index (χ0n) is 20.2. The number of rotatable bonds is 10. The summed E-state index contributed by atoms with van der Waals surface area (Å²) in [5.74, 6) is -0.781. The fourth-order valence-electron chi connectivity index (χ4n) is 4.35. The molecule has 0 aromatic heterocycles. The van der Waals surface area contributed by atoms with E-state index < -0.39 is 28.5 Å². The molecule has 0 spiro atoms. The fourth-order valence-corrected chi connectivity index (χ4v) is 5.90. The second-order valence-electron chi connectivity index (χ2n) is 8.93. The normalized spacial score (nSPS) is 14.9. The maximum Gasteiger partial charge on any atom is 0.244 e. The standard InChI is InChI=1S/C25H30Cl3N3O4S/c1-3-22(25(33)29-20-6-4-5-7-20)30(15-17-8-10-18(26)11-9-17)24(32)16-31(36(2,34)35)23-13-12-19(27)14-21(23)28/h8-14,20,22H,3-7,15-16H2,1-2H3,(H,29,33)/t22-/m0/s1. The Bertz CT molecular complexity index is 1190. The quantitative estimate of drug-likeness (QED) is 0.418. The Kier molecular flexibility index (Phi) is 9.92. The first-order chi connectivity index (χ1) is 17.0. The van der Waals surface area contributed by atoms with E-state index in [1.54, 1.807) is 24.3 Å². The molecule has 0 saturated heterocycles. The van der Waals surface area contributed by atoms with E-state index in [0.717, 1.165) is 41.8 Å². The van der Waals surface area contributed by atoms with Crippen molar-refractivity contribution in [3.05, 3.63) is 63.1 Å². The van der Waals surface area contributed by atoms with Crippen LogP contribution < -0.4 is 9.62 Å². The molecule has 2 aromatic carbocycles. The van der Waals surface area contributed by atoms with Gasteiger partial charge in [-0.1, -0.05) is 66.7 Å². The average molecular weight is 575 g/mol. The minimum atomic E-state index is -3.89. The Labute approximate surface area is 227 Å². The van der Waals surface area contributed by atoms with E-state index in [0.29, 0.717) is 16.5 Å². The van der Waals surface area contributed by atoms with Gasteiger partial charge in [0.05, 0.1) is 17.0 Å². The summed E-state index contributed by atoms with van der Waals surface area (Å²) >= 11 is 18.3. The third-order valence-electron chi connectivity index (χ3n) is 6.21. The molecule has 36 heavy (non-hydrogen) atoms. The smallest absolute Gasteiger partial charge is 0.244 e. The topological polar surface area (TPSA) is 86.8 Å². The first-order valence-electron chi connectivity index (χ1n) is 11.8. The van der Waals surface area contributed by atoms with Gasteiger partial charge in [0.25, 0.3) is 0 Å². The largest absolute Gasteiger partial charge is 0.352 e. The number of sulfonamides is 1. The van der Waals surface area contributed by atoms with Crippen LogP contribution in [0.25, 0.3) is 0 Å². The number of nitrogens with zero attached hydrogens (tertiary/aromatic N) is 2. The number of benzene rings is 2. The van der Waals surface area contributed by atoms with E-state index in [9.17, 15) is 18.0 Å². The van der Waals surface area contributed by atoms with Crippen LogP contribution in [0.3, 0.4) is 0 Å². The summed E-state index contributed by atoms with van der Waals surface area (Å²) < 4.78 is 26.3. The van der Waals surface area contributed by atoms with E-state index in [2.05, 4.69) is 5.32 Å². The fraction of sp³-hybridized carbons (Fsp3) is 0.440. The minimum Gasteiger partial charge on any atom is -0.352 e. The SMILES string of the molecule is CC[C@@H](C(=O)NC1CCCC1)N(Cc1ccc(Cl)cc1)C(=O)CN(c1ccc(Cl)cc1Cl)S(C)(=O)=O. The summed E-state index contributed by atoms with van der Waals surface area (Å²) in [7, 11) is -3.89. The van der Waals surface area contributed by atoms with Crippen LogP contribution in [-0.4, -0.2) is 50.0 Å². The highest BCUT2D eigenvalue weighted by atomic mass is 35.5. The van der Waals surface area contributed by atoms with Crippen molar-refractivity contribution in [2.75, 3.05) is 17.1 Å². The lowest BCUT2D eigenvalue weighted by molar-refractivity contribution is -0.140. The number of anilines is 1. The summed E-state index contributed by atoms with van der Waals surface area (Å²) in [6.07, 6.45) is 5.28. The first kappa shape index (κ1) is 28.6. The highest BCUT2D eigenvalue weighted by Gasteiger charge is 2.33. The summed E-state index contributed by atoms with van der Waals surface area (Å²) in [6, 6.07) is 10.6. The Morgan fingerprint density at radius 1 is 1.03 bits per heavy atom.